The number of rotatable bonds is 7. The van der Waals surface area contributed by atoms with Gasteiger partial charge in [-0.15, -0.1) is 11.3 Å². The Hall–Kier alpha value is -2.37. The second-order valence-electron chi connectivity index (χ2n) is 7.96. The van der Waals surface area contributed by atoms with E-state index in [4.69, 9.17) is 0 Å². The SMILES string of the molecule is CC(=O)Cc1ncc([C@@H]2CCCN2Cc2ccc(Cc3ccc(C)nc3)cc2)s1. The van der Waals surface area contributed by atoms with Gasteiger partial charge in [0.15, 0.2) is 0 Å². The van der Waals surface area contributed by atoms with Gasteiger partial charge in [0.25, 0.3) is 0 Å². The lowest BCUT2D eigenvalue weighted by Crippen LogP contribution is -2.22. The van der Waals surface area contributed by atoms with Crippen molar-refractivity contribution < 1.29 is 4.79 Å². The third-order valence-electron chi connectivity index (χ3n) is 5.45. The Morgan fingerprint density at radius 2 is 1.83 bits per heavy atom. The van der Waals surface area contributed by atoms with Crippen LogP contribution in [0.25, 0.3) is 0 Å². The minimum atomic E-state index is 0.177. The Bertz CT molecular complexity index is 963. The van der Waals surface area contributed by atoms with E-state index in [9.17, 15) is 4.79 Å². The smallest absolute Gasteiger partial charge is 0.136 e. The molecule has 4 rings (SSSR count). The van der Waals surface area contributed by atoms with Crippen LogP contribution in [0, 0.1) is 6.92 Å². The Kier molecular flexibility index (Phi) is 6.16. The lowest BCUT2D eigenvalue weighted by molar-refractivity contribution is -0.116. The van der Waals surface area contributed by atoms with Gasteiger partial charge in [0, 0.05) is 35.6 Å². The molecular weight excluding hydrogens is 378 g/mol. The Morgan fingerprint density at radius 1 is 1.07 bits per heavy atom. The van der Waals surface area contributed by atoms with E-state index in [0.717, 1.165) is 30.2 Å². The van der Waals surface area contributed by atoms with Crippen molar-refractivity contribution in [3.63, 3.8) is 0 Å². The fraction of sp³-hybridized carbons (Fsp3) is 0.375. The third kappa shape index (κ3) is 5.17. The minimum absolute atomic E-state index is 0.177. The molecule has 150 valence electrons. The number of likely N-dealkylation sites (tertiary alicyclic amines) is 1. The highest BCUT2D eigenvalue weighted by Crippen LogP contribution is 2.36. The minimum Gasteiger partial charge on any atom is -0.300 e. The van der Waals surface area contributed by atoms with Gasteiger partial charge >= 0.3 is 0 Å². The van der Waals surface area contributed by atoms with Crippen molar-refractivity contribution in [1.82, 2.24) is 14.9 Å². The van der Waals surface area contributed by atoms with Crippen LogP contribution in [0.1, 0.15) is 58.1 Å². The molecule has 0 aliphatic carbocycles. The molecule has 0 bridgehead atoms. The molecule has 0 radical (unpaired) electrons. The number of hydrogen-bond acceptors (Lipinski definition) is 5. The van der Waals surface area contributed by atoms with Crippen LogP contribution in [0.5, 0.6) is 0 Å². The van der Waals surface area contributed by atoms with E-state index in [1.807, 2.05) is 19.3 Å². The molecule has 0 saturated carbocycles. The molecule has 1 aliphatic rings. The van der Waals surface area contributed by atoms with E-state index in [2.05, 4.69) is 51.3 Å². The summed E-state index contributed by atoms with van der Waals surface area (Å²) in [7, 11) is 0. The van der Waals surface area contributed by atoms with Gasteiger partial charge in [0.05, 0.1) is 6.42 Å². The van der Waals surface area contributed by atoms with E-state index in [1.165, 1.54) is 34.4 Å². The first-order valence-electron chi connectivity index (χ1n) is 10.2. The van der Waals surface area contributed by atoms with Gasteiger partial charge in [-0.05, 0) is 62.4 Å². The summed E-state index contributed by atoms with van der Waals surface area (Å²) in [5.41, 5.74) is 4.96. The van der Waals surface area contributed by atoms with E-state index < -0.39 is 0 Å². The predicted molar refractivity (Wildman–Crippen MR) is 117 cm³/mol. The lowest BCUT2D eigenvalue weighted by atomic mass is 10.0. The Morgan fingerprint density at radius 3 is 2.55 bits per heavy atom. The number of benzene rings is 1. The summed E-state index contributed by atoms with van der Waals surface area (Å²) in [5.74, 6) is 0.177. The maximum absolute atomic E-state index is 11.4. The highest BCUT2D eigenvalue weighted by atomic mass is 32.1. The van der Waals surface area contributed by atoms with Crippen LogP contribution in [-0.4, -0.2) is 27.2 Å². The molecule has 1 fully saturated rings. The van der Waals surface area contributed by atoms with Crippen molar-refractivity contribution in [3.05, 3.63) is 81.1 Å². The third-order valence-corrected chi connectivity index (χ3v) is 6.55. The van der Waals surface area contributed by atoms with Crippen molar-refractivity contribution in [3.8, 4) is 0 Å². The second-order valence-corrected chi connectivity index (χ2v) is 9.11. The topological polar surface area (TPSA) is 46.1 Å². The zero-order chi connectivity index (χ0) is 20.2. The molecule has 4 nitrogen and oxygen atoms in total. The van der Waals surface area contributed by atoms with Gasteiger partial charge in [-0.1, -0.05) is 30.3 Å². The molecule has 1 saturated heterocycles. The van der Waals surface area contributed by atoms with Crippen molar-refractivity contribution in [2.45, 2.75) is 52.1 Å². The van der Waals surface area contributed by atoms with Crippen molar-refractivity contribution in [2.75, 3.05) is 6.54 Å². The summed E-state index contributed by atoms with van der Waals surface area (Å²) in [5, 5.41) is 0.939. The number of ketones is 1. The number of hydrogen-bond donors (Lipinski definition) is 0. The first-order valence-corrected chi connectivity index (χ1v) is 11.1. The van der Waals surface area contributed by atoms with Crippen molar-refractivity contribution >= 4 is 17.1 Å². The zero-order valence-electron chi connectivity index (χ0n) is 17.1. The number of thiazole rings is 1. The number of Topliss-reactive ketones (excluding diaryl/α,β-unsaturated/α-hetero) is 1. The quantitative estimate of drug-likeness (QED) is 0.560. The van der Waals surface area contributed by atoms with Gasteiger partial charge < -0.3 is 0 Å². The largest absolute Gasteiger partial charge is 0.300 e. The number of aryl methyl sites for hydroxylation is 1. The average molecular weight is 406 g/mol. The van der Waals surface area contributed by atoms with Gasteiger partial charge in [0.2, 0.25) is 0 Å². The zero-order valence-corrected chi connectivity index (χ0v) is 17.9. The van der Waals surface area contributed by atoms with Crippen LogP contribution in [0.2, 0.25) is 0 Å². The molecule has 3 aromatic rings. The Balaban J connectivity index is 1.39. The molecule has 1 aromatic carbocycles. The molecule has 2 aromatic heterocycles. The van der Waals surface area contributed by atoms with Crippen molar-refractivity contribution in [2.24, 2.45) is 0 Å². The molecule has 0 unspecified atom stereocenters. The summed E-state index contributed by atoms with van der Waals surface area (Å²) in [6.45, 7) is 5.71. The van der Waals surface area contributed by atoms with Crippen LogP contribution in [0.3, 0.4) is 0 Å². The maximum Gasteiger partial charge on any atom is 0.136 e. The number of nitrogens with zero attached hydrogens (tertiary/aromatic N) is 3. The highest BCUT2D eigenvalue weighted by molar-refractivity contribution is 7.11. The molecule has 0 N–H and O–H groups in total. The van der Waals surface area contributed by atoms with Crippen LogP contribution in [-0.2, 0) is 24.2 Å². The number of carbonyl (C=O) groups is 1. The standard InChI is InChI=1S/C24H27N3OS/c1-17-5-6-21(14-25-17)13-19-7-9-20(10-8-19)16-27-11-3-4-22(27)23-15-26-24(29-23)12-18(2)28/h5-10,14-15,22H,3-4,11-13,16H2,1-2H3/t22-/m0/s1. The first kappa shape index (κ1) is 19.9. The van der Waals surface area contributed by atoms with Gasteiger partial charge in [-0.2, -0.15) is 0 Å². The Labute approximate surface area is 176 Å². The molecule has 29 heavy (non-hydrogen) atoms. The first-order chi connectivity index (χ1) is 14.1. The fourth-order valence-corrected chi connectivity index (χ4v) is 5.11. The summed E-state index contributed by atoms with van der Waals surface area (Å²) >= 11 is 1.70. The number of aromatic nitrogens is 2. The van der Waals surface area contributed by atoms with Crippen LogP contribution >= 0.6 is 11.3 Å². The number of pyridine rings is 1. The van der Waals surface area contributed by atoms with Gasteiger partial charge in [-0.3, -0.25) is 14.7 Å². The number of carbonyl (C=O) groups excluding carboxylic acids is 1. The highest BCUT2D eigenvalue weighted by Gasteiger charge is 2.27. The molecule has 0 spiro atoms. The van der Waals surface area contributed by atoms with Gasteiger partial charge in [-0.25, -0.2) is 4.98 Å². The second kappa shape index (κ2) is 8.97. The molecule has 0 amide bonds. The average Bonchev–Trinajstić information content (AvgIpc) is 3.34. The molecule has 1 aliphatic heterocycles. The van der Waals surface area contributed by atoms with E-state index in [0.29, 0.717) is 12.5 Å². The van der Waals surface area contributed by atoms with E-state index >= 15 is 0 Å². The summed E-state index contributed by atoms with van der Waals surface area (Å²) in [6.07, 6.45) is 7.69. The summed E-state index contributed by atoms with van der Waals surface area (Å²) in [6, 6.07) is 13.6. The van der Waals surface area contributed by atoms with Gasteiger partial charge in [0.1, 0.15) is 10.8 Å². The normalized spacial score (nSPS) is 17.0. The van der Waals surface area contributed by atoms with Crippen LogP contribution in [0.15, 0.2) is 48.8 Å². The van der Waals surface area contributed by atoms with E-state index in [1.54, 1.807) is 18.3 Å². The maximum atomic E-state index is 11.4. The summed E-state index contributed by atoms with van der Waals surface area (Å²) in [4.78, 5) is 24.1. The van der Waals surface area contributed by atoms with Crippen molar-refractivity contribution in [1.29, 1.82) is 0 Å². The fourth-order valence-electron chi connectivity index (χ4n) is 3.95. The lowest BCUT2D eigenvalue weighted by Gasteiger charge is -2.23. The summed E-state index contributed by atoms with van der Waals surface area (Å²) < 4.78 is 0. The van der Waals surface area contributed by atoms with Crippen LogP contribution in [0.4, 0.5) is 0 Å². The molecule has 5 heteroatoms. The monoisotopic (exact) mass is 405 g/mol. The predicted octanol–water partition coefficient (Wildman–Crippen LogP) is 4.91. The van der Waals surface area contributed by atoms with Crippen LogP contribution < -0.4 is 0 Å². The molecule has 3 heterocycles. The molecule has 1 atom stereocenters. The van der Waals surface area contributed by atoms with E-state index in [-0.39, 0.29) is 5.78 Å². The molecular formula is C24H27N3OS.